The Morgan fingerprint density at radius 1 is 0.933 bits per heavy atom. The number of aryl methyl sites for hydroxylation is 1. The molecular weight excluding hydrogens is 370 g/mol. The van der Waals surface area contributed by atoms with E-state index in [1.165, 1.54) is 33.4 Å². The van der Waals surface area contributed by atoms with E-state index >= 15 is 0 Å². The molecule has 3 aromatic rings. The second kappa shape index (κ2) is 8.74. The Balaban J connectivity index is 1.45. The molecule has 1 unspecified atom stereocenters. The highest BCUT2D eigenvalue weighted by molar-refractivity contribution is 5.79. The van der Waals surface area contributed by atoms with Gasteiger partial charge in [-0.25, -0.2) is 4.79 Å². The number of benzene rings is 3. The molecule has 1 aliphatic carbocycles. The van der Waals surface area contributed by atoms with E-state index in [0.717, 1.165) is 6.42 Å². The first-order valence-electron chi connectivity index (χ1n) is 10.8. The molecule has 1 aliphatic rings. The van der Waals surface area contributed by atoms with Gasteiger partial charge in [-0.3, -0.25) is 0 Å². The minimum Gasteiger partial charge on any atom is -0.448 e. The molecule has 0 heterocycles. The first-order chi connectivity index (χ1) is 14.6. The Hall–Kier alpha value is -3.07. The van der Waals surface area contributed by atoms with Crippen LogP contribution in [0.2, 0.25) is 0 Å². The molecule has 0 saturated heterocycles. The van der Waals surface area contributed by atoms with Crippen LogP contribution in [-0.4, -0.2) is 30.2 Å². The summed E-state index contributed by atoms with van der Waals surface area (Å²) in [5.74, 6) is 0.0902. The average Bonchev–Trinajstić information content (AvgIpc) is 3.08. The second-order valence-electron chi connectivity index (χ2n) is 8.13. The van der Waals surface area contributed by atoms with Crippen LogP contribution >= 0.6 is 0 Å². The van der Waals surface area contributed by atoms with Gasteiger partial charge in [-0.15, -0.1) is 0 Å². The Morgan fingerprint density at radius 2 is 1.50 bits per heavy atom. The molecule has 0 N–H and O–H groups in total. The van der Waals surface area contributed by atoms with Crippen molar-refractivity contribution in [3.63, 3.8) is 0 Å². The van der Waals surface area contributed by atoms with Crippen molar-refractivity contribution in [2.24, 2.45) is 0 Å². The van der Waals surface area contributed by atoms with Crippen LogP contribution in [0.4, 0.5) is 4.79 Å². The third kappa shape index (κ3) is 3.97. The van der Waals surface area contributed by atoms with Crippen molar-refractivity contribution in [2.45, 2.75) is 39.2 Å². The lowest BCUT2D eigenvalue weighted by Crippen LogP contribution is -2.40. The largest absolute Gasteiger partial charge is 0.448 e. The molecule has 4 rings (SSSR count). The molecule has 154 valence electrons. The van der Waals surface area contributed by atoms with E-state index in [2.05, 4.69) is 86.6 Å². The Bertz CT molecular complexity index is 980. The standard InChI is InChI=1S/C27H29NO2/c1-4-28(20(3)17-21-15-13-19(2)14-16-21)27(29)30-18-26-24-11-7-5-9-22(24)23-10-6-8-12-25(23)26/h5-16,20,26H,4,17-18H2,1-3H3. The lowest BCUT2D eigenvalue weighted by Gasteiger charge is -2.28. The monoisotopic (exact) mass is 399 g/mol. The molecular formula is C27H29NO2. The lowest BCUT2D eigenvalue weighted by molar-refractivity contribution is 0.0888. The third-order valence-electron chi connectivity index (χ3n) is 6.10. The number of carbonyl (C=O) groups excluding carboxylic acids is 1. The zero-order valence-corrected chi connectivity index (χ0v) is 18.0. The Morgan fingerprint density at radius 3 is 2.07 bits per heavy atom. The summed E-state index contributed by atoms with van der Waals surface area (Å²) < 4.78 is 5.86. The van der Waals surface area contributed by atoms with E-state index < -0.39 is 0 Å². The Labute approximate surface area is 179 Å². The van der Waals surface area contributed by atoms with E-state index in [1.54, 1.807) is 0 Å². The number of amides is 1. The summed E-state index contributed by atoms with van der Waals surface area (Å²) in [5.41, 5.74) is 7.45. The number of fused-ring (bicyclic) bond motifs is 3. The maximum absolute atomic E-state index is 12.9. The summed E-state index contributed by atoms with van der Waals surface area (Å²) in [5, 5.41) is 0. The topological polar surface area (TPSA) is 29.5 Å². The van der Waals surface area contributed by atoms with E-state index in [4.69, 9.17) is 4.74 Å². The number of hydrogen-bond donors (Lipinski definition) is 0. The fourth-order valence-corrected chi connectivity index (χ4v) is 4.47. The molecule has 3 nitrogen and oxygen atoms in total. The van der Waals surface area contributed by atoms with E-state index in [0.29, 0.717) is 13.2 Å². The summed E-state index contributed by atoms with van der Waals surface area (Å²) in [4.78, 5) is 14.8. The molecule has 3 heteroatoms. The summed E-state index contributed by atoms with van der Waals surface area (Å²) in [7, 11) is 0. The third-order valence-corrected chi connectivity index (χ3v) is 6.10. The lowest BCUT2D eigenvalue weighted by atomic mass is 9.98. The van der Waals surface area contributed by atoms with E-state index in [1.807, 2.05) is 11.8 Å². The molecule has 30 heavy (non-hydrogen) atoms. The molecule has 0 aromatic heterocycles. The number of ether oxygens (including phenoxy) is 1. The van der Waals surface area contributed by atoms with E-state index in [-0.39, 0.29) is 18.1 Å². The van der Waals surface area contributed by atoms with Crippen LogP contribution < -0.4 is 0 Å². The van der Waals surface area contributed by atoms with Gasteiger partial charge in [-0.1, -0.05) is 78.4 Å². The number of likely N-dealkylation sites (N-methyl/N-ethyl adjacent to an activating group) is 1. The number of nitrogens with zero attached hydrogens (tertiary/aromatic N) is 1. The van der Waals surface area contributed by atoms with Gasteiger partial charge in [0.05, 0.1) is 0 Å². The SMILES string of the molecule is CCN(C(=O)OCC1c2ccccc2-c2ccccc21)C(C)Cc1ccc(C)cc1. The molecule has 0 saturated carbocycles. The second-order valence-corrected chi connectivity index (χ2v) is 8.13. The molecule has 0 bridgehead atoms. The van der Waals surface area contributed by atoms with Crippen LogP contribution in [0, 0.1) is 6.92 Å². The van der Waals surface area contributed by atoms with Crippen molar-refractivity contribution < 1.29 is 9.53 Å². The van der Waals surface area contributed by atoms with Gasteiger partial charge < -0.3 is 9.64 Å². The minimum atomic E-state index is -0.237. The fourth-order valence-electron chi connectivity index (χ4n) is 4.47. The average molecular weight is 400 g/mol. The van der Waals surface area contributed by atoms with Crippen LogP contribution in [0.1, 0.15) is 42.0 Å². The van der Waals surface area contributed by atoms with Crippen LogP contribution in [0.15, 0.2) is 72.8 Å². The number of rotatable bonds is 6. The molecule has 1 amide bonds. The van der Waals surface area contributed by atoms with Crippen molar-refractivity contribution >= 4 is 6.09 Å². The zero-order valence-electron chi connectivity index (χ0n) is 18.0. The maximum atomic E-state index is 12.9. The molecule has 1 atom stereocenters. The van der Waals surface area contributed by atoms with Gasteiger partial charge >= 0.3 is 6.09 Å². The van der Waals surface area contributed by atoms with Crippen LogP contribution in [-0.2, 0) is 11.2 Å². The van der Waals surface area contributed by atoms with Gasteiger partial charge in [-0.05, 0) is 55.0 Å². The van der Waals surface area contributed by atoms with E-state index in [9.17, 15) is 4.79 Å². The van der Waals surface area contributed by atoms with Crippen LogP contribution in [0.25, 0.3) is 11.1 Å². The highest BCUT2D eigenvalue weighted by Gasteiger charge is 2.30. The van der Waals surface area contributed by atoms with Gasteiger partial charge in [0, 0.05) is 18.5 Å². The summed E-state index contributed by atoms with van der Waals surface area (Å²) in [6, 6.07) is 25.4. The zero-order chi connectivity index (χ0) is 21.1. The van der Waals surface area contributed by atoms with Crippen LogP contribution in [0.5, 0.6) is 0 Å². The molecule has 0 spiro atoms. The highest BCUT2D eigenvalue weighted by atomic mass is 16.6. The van der Waals surface area contributed by atoms with Gasteiger partial charge in [0.15, 0.2) is 0 Å². The van der Waals surface area contributed by atoms with Gasteiger partial charge in [0.25, 0.3) is 0 Å². The van der Waals surface area contributed by atoms with Crippen molar-refractivity contribution in [1.29, 1.82) is 0 Å². The Kier molecular flexibility index (Phi) is 5.89. The minimum absolute atomic E-state index is 0.0772. The number of hydrogen-bond acceptors (Lipinski definition) is 2. The normalized spacial score (nSPS) is 13.4. The maximum Gasteiger partial charge on any atom is 0.410 e. The van der Waals surface area contributed by atoms with Crippen molar-refractivity contribution in [3.8, 4) is 11.1 Å². The van der Waals surface area contributed by atoms with Gasteiger partial charge in [-0.2, -0.15) is 0 Å². The van der Waals surface area contributed by atoms with Crippen LogP contribution in [0.3, 0.4) is 0 Å². The summed E-state index contributed by atoms with van der Waals surface area (Å²) in [6.07, 6.45) is 0.581. The predicted molar refractivity (Wildman–Crippen MR) is 122 cm³/mol. The first kappa shape index (κ1) is 20.2. The molecule has 0 radical (unpaired) electrons. The molecule has 3 aromatic carbocycles. The molecule has 0 aliphatic heterocycles. The predicted octanol–water partition coefficient (Wildman–Crippen LogP) is 6.20. The first-order valence-corrected chi connectivity index (χ1v) is 10.8. The van der Waals surface area contributed by atoms with Crippen molar-refractivity contribution in [2.75, 3.05) is 13.2 Å². The number of carbonyl (C=O) groups is 1. The molecule has 0 fully saturated rings. The smallest absolute Gasteiger partial charge is 0.410 e. The summed E-state index contributed by atoms with van der Waals surface area (Å²) in [6.45, 7) is 7.17. The highest BCUT2D eigenvalue weighted by Crippen LogP contribution is 2.44. The summed E-state index contributed by atoms with van der Waals surface area (Å²) >= 11 is 0. The quantitative estimate of drug-likeness (QED) is 0.494. The van der Waals surface area contributed by atoms with Crippen molar-refractivity contribution in [1.82, 2.24) is 4.90 Å². The van der Waals surface area contributed by atoms with Gasteiger partial charge in [0.2, 0.25) is 0 Å². The fraction of sp³-hybridized carbons (Fsp3) is 0.296. The van der Waals surface area contributed by atoms with Crippen molar-refractivity contribution in [3.05, 3.63) is 95.1 Å². The van der Waals surface area contributed by atoms with Gasteiger partial charge in [0.1, 0.15) is 6.61 Å².